The van der Waals surface area contributed by atoms with Gasteiger partial charge in [0.1, 0.15) is 0 Å². The number of nitrogens with zero attached hydrogens (tertiary/aromatic N) is 3. The molecule has 28 heavy (non-hydrogen) atoms. The van der Waals surface area contributed by atoms with Gasteiger partial charge in [0.05, 0.1) is 12.4 Å². The number of halogens is 2. The Hall–Kier alpha value is -2.04. The maximum Gasteiger partial charge on any atom is 0.0951 e. The average Bonchev–Trinajstić information content (AvgIpc) is 3.33. The molecule has 0 aliphatic carbocycles. The van der Waals surface area contributed by atoms with Gasteiger partial charge >= 0.3 is 0 Å². The van der Waals surface area contributed by atoms with Crippen LogP contribution in [0.2, 0.25) is 5.02 Å². The van der Waals surface area contributed by atoms with Gasteiger partial charge in [-0.25, -0.2) is 4.98 Å². The minimum absolute atomic E-state index is 0.283. The average molecular weight is 457 g/mol. The Morgan fingerprint density at radius 3 is 2.68 bits per heavy atom. The molecule has 2 aromatic carbocycles. The highest BCUT2D eigenvalue weighted by atomic mass is 79.9. The van der Waals surface area contributed by atoms with Crippen LogP contribution in [-0.4, -0.2) is 14.1 Å². The molecule has 0 saturated heterocycles. The van der Waals surface area contributed by atoms with Gasteiger partial charge in [0.2, 0.25) is 0 Å². The molecule has 0 aliphatic heterocycles. The zero-order valence-corrected chi connectivity index (χ0v) is 18.2. The lowest BCUT2D eigenvalue weighted by molar-refractivity contribution is 0.516. The summed E-state index contributed by atoms with van der Waals surface area (Å²) in [7, 11) is 0. The molecular weight excluding hydrogens is 434 g/mol. The summed E-state index contributed by atoms with van der Waals surface area (Å²) in [4.78, 5) is 4.29. The van der Waals surface area contributed by atoms with Gasteiger partial charge in [-0.3, -0.25) is 0 Å². The molecule has 0 fully saturated rings. The Balaban J connectivity index is 1.80. The van der Waals surface area contributed by atoms with E-state index in [0.717, 1.165) is 22.5 Å². The molecule has 0 bridgehead atoms. The fraction of sp³-hybridized carbons (Fsp3) is 0.261. The Kier molecular flexibility index (Phi) is 5.88. The molecule has 0 saturated carbocycles. The first-order chi connectivity index (χ1) is 13.7. The lowest BCUT2D eigenvalue weighted by Crippen LogP contribution is -2.08. The Morgan fingerprint density at radius 2 is 1.96 bits per heavy atom. The van der Waals surface area contributed by atoms with Crippen molar-refractivity contribution >= 4 is 38.4 Å². The third-order valence-electron chi connectivity index (χ3n) is 5.21. The normalized spacial score (nSPS) is 12.5. The first-order valence-corrected chi connectivity index (χ1v) is 10.8. The van der Waals surface area contributed by atoms with Gasteiger partial charge in [0, 0.05) is 51.1 Å². The predicted octanol–water partition coefficient (Wildman–Crippen LogP) is 7.08. The largest absolute Gasteiger partial charge is 0.343 e. The van der Waals surface area contributed by atoms with Crippen LogP contribution in [0.4, 0.5) is 0 Å². The van der Waals surface area contributed by atoms with E-state index >= 15 is 0 Å². The zero-order chi connectivity index (χ0) is 19.5. The Labute approximate surface area is 179 Å². The van der Waals surface area contributed by atoms with Crippen LogP contribution >= 0.6 is 27.5 Å². The molecule has 4 rings (SSSR count). The fourth-order valence-electron chi connectivity index (χ4n) is 3.80. The molecule has 144 valence electrons. The van der Waals surface area contributed by atoms with Gasteiger partial charge in [-0.05, 0) is 42.3 Å². The van der Waals surface area contributed by atoms with Gasteiger partial charge in [-0.15, -0.1) is 0 Å². The quantitative estimate of drug-likeness (QED) is 0.291. The molecule has 3 nitrogen and oxygen atoms in total. The van der Waals surface area contributed by atoms with Crippen molar-refractivity contribution in [3.05, 3.63) is 88.0 Å². The van der Waals surface area contributed by atoms with E-state index < -0.39 is 0 Å². The van der Waals surface area contributed by atoms with E-state index in [1.807, 2.05) is 24.7 Å². The van der Waals surface area contributed by atoms with Gasteiger partial charge in [0.15, 0.2) is 0 Å². The molecule has 5 heteroatoms. The van der Waals surface area contributed by atoms with E-state index in [1.165, 1.54) is 34.9 Å². The van der Waals surface area contributed by atoms with Crippen molar-refractivity contribution in [3.8, 4) is 0 Å². The molecule has 0 aliphatic rings. The maximum atomic E-state index is 6.06. The van der Waals surface area contributed by atoms with E-state index in [2.05, 4.69) is 79.7 Å². The number of hydrogen-bond acceptors (Lipinski definition) is 1. The molecule has 2 heterocycles. The van der Waals surface area contributed by atoms with Gasteiger partial charge in [-0.2, -0.15) is 0 Å². The third kappa shape index (κ3) is 4.03. The van der Waals surface area contributed by atoms with Crippen LogP contribution in [0, 0.1) is 0 Å². The molecule has 1 unspecified atom stereocenters. The molecule has 0 spiro atoms. The summed E-state index contributed by atoms with van der Waals surface area (Å²) in [6, 6.07) is 14.9. The second kappa shape index (κ2) is 8.54. The molecule has 2 aromatic heterocycles. The minimum Gasteiger partial charge on any atom is -0.343 e. The summed E-state index contributed by atoms with van der Waals surface area (Å²) in [5.41, 5.74) is 3.83. The van der Waals surface area contributed by atoms with Crippen LogP contribution in [0.5, 0.6) is 0 Å². The second-order valence-electron chi connectivity index (χ2n) is 7.17. The molecule has 0 radical (unpaired) electrons. The van der Waals surface area contributed by atoms with Crippen LogP contribution in [0.25, 0.3) is 10.9 Å². The number of hydrogen-bond donors (Lipinski definition) is 0. The summed E-state index contributed by atoms with van der Waals surface area (Å²) in [6.07, 6.45) is 11.6. The van der Waals surface area contributed by atoms with Crippen LogP contribution < -0.4 is 0 Å². The first kappa shape index (κ1) is 19.3. The van der Waals surface area contributed by atoms with Gasteiger partial charge < -0.3 is 9.13 Å². The van der Waals surface area contributed by atoms with Crippen molar-refractivity contribution in [3.63, 3.8) is 0 Å². The predicted molar refractivity (Wildman–Crippen MR) is 120 cm³/mol. The fourth-order valence-corrected chi connectivity index (χ4v) is 4.28. The number of fused-ring (bicyclic) bond motifs is 1. The minimum atomic E-state index is 0.283. The molecular formula is C23H23BrClN3. The van der Waals surface area contributed by atoms with Gasteiger partial charge in [-0.1, -0.05) is 59.4 Å². The highest BCUT2D eigenvalue weighted by molar-refractivity contribution is 9.10. The van der Waals surface area contributed by atoms with Crippen LogP contribution in [0.1, 0.15) is 43.4 Å². The Morgan fingerprint density at radius 1 is 1.14 bits per heavy atom. The smallest absolute Gasteiger partial charge is 0.0951 e. The molecule has 0 N–H and O–H groups in total. The number of benzene rings is 2. The maximum absolute atomic E-state index is 6.06. The van der Waals surface area contributed by atoms with Crippen molar-refractivity contribution in [1.82, 2.24) is 14.1 Å². The number of aromatic nitrogens is 3. The van der Waals surface area contributed by atoms with Gasteiger partial charge in [0.25, 0.3) is 0 Å². The zero-order valence-electron chi connectivity index (χ0n) is 15.9. The van der Waals surface area contributed by atoms with Crippen molar-refractivity contribution < 1.29 is 0 Å². The van der Waals surface area contributed by atoms with Crippen molar-refractivity contribution in [2.75, 3.05) is 0 Å². The SMILES string of the molecule is CCCCC(c1cn(Cc2ccc(Cl)cc2)c2ccc(Br)cc12)n1ccnc1. The summed E-state index contributed by atoms with van der Waals surface area (Å²) in [5, 5.41) is 2.06. The highest BCUT2D eigenvalue weighted by Gasteiger charge is 2.19. The van der Waals surface area contributed by atoms with E-state index in [9.17, 15) is 0 Å². The number of imidazole rings is 1. The summed E-state index contributed by atoms with van der Waals surface area (Å²) < 4.78 is 5.68. The van der Waals surface area contributed by atoms with Crippen molar-refractivity contribution in [2.24, 2.45) is 0 Å². The molecule has 1 atom stereocenters. The lowest BCUT2D eigenvalue weighted by atomic mass is 10.0. The monoisotopic (exact) mass is 455 g/mol. The standard InChI is InChI=1S/C23H23BrClN3/c1-2-3-4-22(27-12-11-26-16-27)21-15-28(14-17-5-8-19(25)9-6-17)23-10-7-18(24)13-20(21)23/h5-13,15-16,22H,2-4,14H2,1H3. The number of rotatable bonds is 7. The Bertz CT molecular complexity index is 1050. The van der Waals surface area contributed by atoms with Crippen molar-refractivity contribution in [2.45, 2.75) is 38.8 Å². The van der Waals surface area contributed by atoms with E-state index in [0.29, 0.717) is 0 Å². The lowest BCUT2D eigenvalue weighted by Gasteiger charge is -2.18. The number of unbranched alkanes of at least 4 members (excludes halogenated alkanes) is 1. The summed E-state index contributed by atoms with van der Waals surface area (Å²) >= 11 is 9.72. The van der Waals surface area contributed by atoms with Crippen LogP contribution in [0.15, 0.2) is 71.9 Å². The second-order valence-corrected chi connectivity index (χ2v) is 8.52. The molecule has 4 aromatic rings. The topological polar surface area (TPSA) is 22.8 Å². The van der Waals surface area contributed by atoms with Crippen LogP contribution in [0.3, 0.4) is 0 Å². The molecule has 0 amide bonds. The third-order valence-corrected chi connectivity index (χ3v) is 5.96. The van der Waals surface area contributed by atoms with Crippen molar-refractivity contribution in [1.29, 1.82) is 0 Å². The summed E-state index contributed by atoms with van der Waals surface area (Å²) in [6.45, 7) is 3.06. The van der Waals surface area contributed by atoms with E-state index in [4.69, 9.17) is 11.6 Å². The van der Waals surface area contributed by atoms with E-state index in [-0.39, 0.29) is 6.04 Å². The summed E-state index contributed by atoms with van der Waals surface area (Å²) in [5.74, 6) is 0. The highest BCUT2D eigenvalue weighted by Crippen LogP contribution is 2.34. The van der Waals surface area contributed by atoms with Crippen LogP contribution in [-0.2, 0) is 6.54 Å². The van der Waals surface area contributed by atoms with E-state index in [1.54, 1.807) is 0 Å². The first-order valence-electron chi connectivity index (χ1n) is 9.66.